The molecule has 0 aliphatic heterocycles. The lowest BCUT2D eigenvalue weighted by atomic mass is 10.1. The average molecular weight is 108 g/mol. The van der Waals surface area contributed by atoms with Crippen LogP contribution in [0, 0.1) is 23.2 Å². The van der Waals surface area contributed by atoms with Gasteiger partial charge in [0.05, 0.1) is 0 Å². The molecule has 44 valence electrons. The molecule has 0 aromatic heterocycles. The number of hydrogen-bond acceptors (Lipinski definition) is 0. The van der Waals surface area contributed by atoms with Crippen molar-refractivity contribution in [3.05, 3.63) is 0 Å². The summed E-state index contributed by atoms with van der Waals surface area (Å²) in [6, 6.07) is 0. The Balaban J connectivity index is 1.94. The summed E-state index contributed by atoms with van der Waals surface area (Å²) in [5.74, 6) is 3.56. The van der Waals surface area contributed by atoms with Crippen LogP contribution in [0.15, 0.2) is 0 Å². The molecule has 3 aliphatic rings. The van der Waals surface area contributed by atoms with E-state index in [9.17, 15) is 0 Å². The van der Waals surface area contributed by atoms with Crippen LogP contribution in [0.3, 0.4) is 0 Å². The molecule has 3 rings (SSSR count). The molecule has 4 unspecified atom stereocenters. The highest BCUT2D eigenvalue weighted by Crippen LogP contribution is 2.87. The zero-order chi connectivity index (χ0) is 5.35. The lowest BCUT2D eigenvalue weighted by Crippen LogP contribution is -1.87. The van der Waals surface area contributed by atoms with Gasteiger partial charge in [0, 0.05) is 0 Å². The monoisotopic (exact) mass is 108 g/mol. The minimum absolute atomic E-state index is 0.999. The number of fused-ring (bicyclic) bond motifs is 1. The van der Waals surface area contributed by atoms with Crippen molar-refractivity contribution < 1.29 is 0 Å². The fourth-order valence-corrected chi connectivity index (χ4v) is 3.10. The molecule has 3 fully saturated rings. The van der Waals surface area contributed by atoms with E-state index in [1.807, 2.05) is 0 Å². The second-order valence-corrected chi connectivity index (χ2v) is 4.20. The van der Waals surface area contributed by atoms with Crippen molar-refractivity contribution >= 4 is 0 Å². The summed E-state index contributed by atoms with van der Waals surface area (Å²) in [5, 5.41) is 0. The molecule has 0 saturated heterocycles. The lowest BCUT2D eigenvalue weighted by molar-refractivity contribution is 0.530. The fourth-order valence-electron chi connectivity index (χ4n) is 3.10. The van der Waals surface area contributed by atoms with Crippen molar-refractivity contribution in [3.63, 3.8) is 0 Å². The first-order valence-corrected chi connectivity index (χ1v) is 3.83. The Morgan fingerprint density at radius 1 is 1.25 bits per heavy atom. The van der Waals surface area contributed by atoms with Gasteiger partial charge in [-0.15, -0.1) is 0 Å². The van der Waals surface area contributed by atoms with E-state index in [-0.39, 0.29) is 0 Å². The maximum Gasteiger partial charge on any atom is -0.0229 e. The van der Waals surface area contributed by atoms with Gasteiger partial charge in [0.2, 0.25) is 0 Å². The van der Waals surface area contributed by atoms with Gasteiger partial charge in [-0.1, -0.05) is 6.92 Å². The summed E-state index contributed by atoms with van der Waals surface area (Å²) in [5.41, 5.74) is 0.999. The summed E-state index contributed by atoms with van der Waals surface area (Å²) in [7, 11) is 0. The molecule has 3 aliphatic carbocycles. The molecule has 0 aromatic rings. The van der Waals surface area contributed by atoms with E-state index in [1.54, 1.807) is 19.3 Å². The van der Waals surface area contributed by atoms with Gasteiger partial charge in [-0.3, -0.25) is 0 Å². The van der Waals surface area contributed by atoms with E-state index in [0.29, 0.717) is 0 Å². The second-order valence-electron chi connectivity index (χ2n) is 4.20. The summed E-state index contributed by atoms with van der Waals surface area (Å²) < 4.78 is 0. The van der Waals surface area contributed by atoms with E-state index in [4.69, 9.17) is 0 Å². The first-order chi connectivity index (χ1) is 3.83. The fraction of sp³-hybridized carbons (Fsp3) is 1.00. The van der Waals surface area contributed by atoms with E-state index in [0.717, 1.165) is 11.3 Å². The van der Waals surface area contributed by atoms with E-state index in [1.165, 1.54) is 11.8 Å². The summed E-state index contributed by atoms with van der Waals surface area (Å²) in [6.07, 6.45) is 4.77. The Morgan fingerprint density at radius 2 is 2.12 bits per heavy atom. The largest absolute Gasteiger partial charge is 0.0625 e. The Morgan fingerprint density at radius 3 is 2.50 bits per heavy atom. The molecule has 0 nitrogen and oxygen atoms in total. The molecule has 1 spiro atoms. The Kier molecular flexibility index (Phi) is 0.381. The molecule has 0 bridgehead atoms. The second kappa shape index (κ2) is 0.778. The van der Waals surface area contributed by atoms with Crippen LogP contribution in [0.5, 0.6) is 0 Å². The first kappa shape index (κ1) is 3.92. The van der Waals surface area contributed by atoms with Crippen LogP contribution in [-0.2, 0) is 0 Å². The van der Waals surface area contributed by atoms with Crippen LogP contribution >= 0.6 is 0 Å². The third-order valence-corrected chi connectivity index (χ3v) is 3.68. The highest BCUT2D eigenvalue weighted by atomic mass is 14.8. The van der Waals surface area contributed by atoms with Gasteiger partial charge in [0.25, 0.3) is 0 Å². The standard InChI is InChI=1S/C8H12/c1-5-2-6-7-4-8(6,7)3-5/h5-7H,2-4H2,1H3. The smallest absolute Gasteiger partial charge is 0.0229 e. The Bertz CT molecular complexity index is 150. The molecule has 3 saturated carbocycles. The third kappa shape index (κ3) is 0.222. The minimum atomic E-state index is 0.999. The van der Waals surface area contributed by atoms with Crippen molar-refractivity contribution in [2.75, 3.05) is 0 Å². The molecule has 0 heteroatoms. The minimum Gasteiger partial charge on any atom is -0.0625 e. The molecule has 4 atom stereocenters. The Hall–Kier alpha value is 0. The number of hydrogen-bond donors (Lipinski definition) is 0. The lowest BCUT2D eigenvalue weighted by Gasteiger charge is -1.98. The quantitative estimate of drug-likeness (QED) is 0.445. The van der Waals surface area contributed by atoms with Crippen molar-refractivity contribution in [1.29, 1.82) is 0 Å². The van der Waals surface area contributed by atoms with Gasteiger partial charge >= 0.3 is 0 Å². The average Bonchev–Trinajstić information content (AvgIpc) is 2.46. The molecule has 0 N–H and O–H groups in total. The maximum atomic E-state index is 2.41. The number of rotatable bonds is 0. The predicted octanol–water partition coefficient (Wildman–Crippen LogP) is 2.05. The maximum absolute atomic E-state index is 2.41. The van der Waals surface area contributed by atoms with Crippen LogP contribution in [0.1, 0.15) is 26.2 Å². The van der Waals surface area contributed by atoms with Crippen LogP contribution in [-0.4, -0.2) is 0 Å². The van der Waals surface area contributed by atoms with Gasteiger partial charge < -0.3 is 0 Å². The zero-order valence-corrected chi connectivity index (χ0v) is 5.35. The highest BCUT2D eigenvalue weighted by molar-refractivity contribution is 5.28. The van der Waals surface area contributed by atoms with E-state index in [2.05, 4.69) is 6.92 Å². The van der Waals surface area contributed by atoms with Crippen molar-refractivity contribution in [3.8, 4) is 0 Å². The molecular formula is C8H12. The van der Waals surface area contributed by atoms with Crippen LogP contribution in [0.2, 0.25) is 0 Å². The van der Waals surface area contributed by atoms with Gasteiger partial charge in [0.1, 0.15) is 0 Å². The van der Waals surface area contributed by atoms with Crippen molar-refractivity contribution in [2.45, 2.75) is 26.2 Å². The SMILES string of the molecule is CC1CC2C3CC23C1. The first-order valence-electron chi connectivity index (χ1n) is 3.83. The predicted molar refractivity (Wildman–Crippen MR) is 32.4 cm³/mol. The van der Waals surface area contributed by atoms with Gasteiger partial charge in [0.15, 0.2) is 0 Å². The van der Waals surface area contributed by atoms with Crippen LogP contribution in [0.25, 0.3) is 0 Å². The molecule has 0 radical (unpaired) electrons. The van der Waals surface area contributed by atoms with Crippen LogP contribution < -0.4 is 0 Å². The molecule has 0 aromatic carbocycles. The molecule has 0 heterocycles. The third-order valence-electron chi connectivity index (χ3n) is 3.68. The van der Waals surface area contributed by atoms with Gasteiger partial charge in [-0.05, 0) is 42.4 Å². The van der Waals surface area contributed by atoms with Crippen LogP contribution in [0.4, 0.5) is 0 Å². The van der Waals surface area contributed by atoms with Crippen molar-refractivity contribution in [2.24, 2.45) is 23.2 Å². The van der Waals surface area contributed by atoms with E-state index >= 15 is 0 Å². The summed E-state index contributed by atoms with van der Waals surface area (Å²) >= 11 is 0. The molecular weight excluding hydrogens is 96.1 g/mol. The highest BCUT2D eigenvalue weighted by Gasteiger charge is 2.80. The summed E-state index contributed by atoms with van der Waals surface area (Å²) in [4.78, 5) is 0. The Labute approximate surface area is 50.3 Å². The molecule has 8 heavy (non-hydrogen) atoms. The normalized spacial score (nSPS) is 73.9. The van der Waals surface area contributed by atoms with E-state index < -0.39 is 0 Å². The molecule has 0 amide bonds. The summed E-state index contributed by atoms with van der Waals surface area (Å²) in [6.45, 7) is 2.41. The zero-order valence-electron chi connectivity index (χ0n) is 5.35. The topological polar surface area (TPSA) is 0 Å². The van der Waals surface area contributed by atoms with Crippen molar-refractivity contribution in [1.82, 2.24) is 0 Å². The van der Waals surface area contributed by atoms with Gasteiger partial charge in [-0.25, -0.2) is 0 Å². The van der Waals surface area contributed by atoms with Gasteiger partial charge in [-0.2, -0.15) is 0 Å².